The first-order valence-corrected chi connectivity index (χ1v) is 5.02. The summed E-state index contributed by atoms with van der Waals surface area (Å²) in [6.45, 7) is -0.524. The summed E-state index contributed by atoms with van der Waals surface area (Å²) in [6, 6.07) is 0. The Morgan fingerprint density at radius 2 is 2.18 bits per heavy atom. The summed E-state index contributed by atoms with van der Waals surface area (Å²) in [7, 11) is 0. The Morgan fingerprint density at radius 1 is 1.47 bits per heavy atom. The van der Waals surface area contributed by atoms with Crippen molar-refractivity contribution in [1.29, 1.82) is 0 Å². The zero-order valence-corrected chi connectivity index (χ0v) is 8.71. The van der Waals surface area contributed by atoms with E-state index in [0.29, 0.717) is 0 Å². The molecule has 1 saturated heterocycles. The van der Waals surface area contributed by atoms with E-state index in [9.17, 15) is 20.3 Å². The van der Waals surface area contributed by atoms with E-state index < -0.39 is 41.5 Å². The quantitative estimate of drug-likeness (QED) is 0.392. The van der Waals surface area contributed by atoms with Crippen molar-refractivity contribution in [3.05, 3.63) is 22.4 Å². The van der Waals surface area contributed by atoms with E-state index in [1.54, 1.807) is 0 Å². The number of nitro groups is 1. The standard InChI is InChI=1S/C9H12N2O6/c12-3-5-6(13)7(14)8(17-5)9(11(15)16)1-2-10-4-9/h1-2,4-8,12-14H,3H2/t5-,6-,7-,8?,9?/m1/s1. The molecule has 5 atom stereocenters. The maximum absolute atomic E-state index is 11.1. The fourth-order valence-electron chi connectivity index (χ4n) is 2.03. The number of aliphatic hydroxyl groups excluding tert-OH is 3. The van der Waals surface area contributed by atoms with Gasteiger partial charge in [0.1, 0.15) is 18.3 Å². The van der Waals surface area contributed by atoms with Gasteiger partial charge in [-0.25, -0.2) is 0 Å². The summed E-state index contributed by atoms with van der Waals surface area (Å²) in [4.78, 5) is 14.1. The first-order valence-electron chi connectivity index (χ1n) is 5.02. The zero-order valence-electron chi connectivity index (χ0n) is 8.71. The van der Waals surface area contributed by atoms with Crippen LogP contribution >= 0.6 is 0 Å². The minimum Gasteiger partial charge on any atom is -0.394 e. The number of hydrogen-bond donors (Lipinski definition) is 3. The molecule has 2 aliphatic rings. The lowest BCUT2D eigenvalue weighted by Crippen LogP contribution is -2.53. The van der Waals surface area contributed by atoms with E-state index in [1.807, 2.05) is 0 Å². The van der Waals surface area contributed by atoms with Gasteiger partial charge in [-0.3, -0.25) is 15.1 Å². The molecule has 0 amide bonds. The third-order valence-electron chi connectivity index (χ3n) is 3.02. The van der Waals surface area contributed by atoms with Crippen LogP contribution < -0.4 is 0 Å². The van der Waals surface area contributed by atoms with E-state index in [2.05, 4.69) is 4.99 Å². The molecular formula is C9H12N2O6. The molecule has 8 nitrogen and oxygen atoms in total. The molecular weight excluding hydrogens is 232 g/mol. The third-order valence-corrected chi connectivity index (χ3v) is 3.02. The SMILES string of the molecule is O=[N+]([O-])C1(C2O[C@H](CO)[C@@H](O)[C@H]2O)C=CN=C1. The summed E-state index contributed by atoms with van der Waals surface area (Å²) in [5.74, 6) is 0. The van der Waals surface area contributed by atoms with Gasteiger partial charge in [0.15, 0.2) is 6.10 Å². The molecule has 2 aliphatic heterocycles. The lowest BCUT2D eigenvalue weighted by Gasteiger charge is -2.24. The molecule has 0 bridgehead atoms. The fourth-order valence-corrected chi connectivity index (χ4v) is 2.03. The highest BCUT2D eigenvalue weighted by Gasteiger charge is 2.59. The van der Waals surface area contributed by atoms with Crippen LogP contribution in [0.4, 0.5) is 0 Å². The Kier molecular flexibility index (Phi) is 2.96. The number of aliphatic hydroxyl groups is 3. The van der Waals surface area contributed by atoms with Gasteiger partial charge in [-0.15, -0.1) is 0 Å². The first-order chi connectivity index (χ1) is 8.03. The summed E-state index contributed by atoms with van der Waals surface area (Å²) in [5, 5.41) is 39.3. The van der Waals surface area contributed by atoms with Gasteiger partial charge in [0, 0.05) is 17.2 Å². The molecule has 17 heavy (non-hydrogen) atoms. The number of aliphatic imine (C=N–C) groups is 1. The Balaban J connectivity index is 2.31. The second-order valence-corrected chi connectivity index (χ2v) is 4.00. The minimum absolute atomic E-state index is 0.524. The highest BCUT2D eigenvalue weighted by Crippen LogP contribution is 2.32. The van der Waals surface area contributed by atoms with Crippen LogP contribution in [-0.4, -0.2) is 63.0 Å². The van der Waals surface area contributed by atoms with Gasteiger partial charge in [0.2, 0.25) is 0 Å². The summed E-state index contributed by atoms with van der Waals surface area (Å²) >= 11 is 0. The maximum Gasteiger partial charge on any atom is 0.305 e. The monoisotopic (exact) mass is 244 g/mol. The number of ether oxygens (including phenoxy) is 1. The van der Waals surface area contributed by atoms with Crippen molar-refractivity contribution in [2.75, 3.05) is 6.61 Å². The Hall–Kier alpha value is -1.35. The van der Waals surface area contributed by atoms with Crippen molar-refractivity contribution in [3.63, 3.8) is 0 Å². The van der Waals surface area contributed by atoms with Crippen molar-refractivity contribution in [1.82, 2.24) is 0 Å². The van der Waals surface area contributed by atoms with Crippen molar-refractivity contribution in [2.45, 2.75) is 30.0 Å². The van der Waals surface area contributed by atoms with Gasteiger partial charge in [-0.05, 0) is 0 Å². The van der Waals surface area contributed by atoms with Crippen molar-refractivity contribution in [3.8, 4) is 0 Å². The average molecular weight is 244 g/mol. The predicted molar refractivity (Wildman–Crippen MR) is 55.1 cm³/mol. The van der Waals surface area contributed by atoms with Crippen LogP contribution in [0.3, 0.4) is 0 Å². The van der Waals surface area contributed by atoms with Gasteiger partial charge in [0.25, 0.3) is 0 Å². The summed E-state index contributed by atoms with van der Waals surface area (Å²) in [6.07, 6.45) is -1.64. The molecule has 0 saturated carbocycles. The minimum atomic E-state index is -1.79. The lowest BCUT2D eigenvalue weighted by molar-refractivity contribution is -0.545. The normalized spacial score (nSPS) is 44.4. The van der Waals surface area contributed by atoms with Crippen LogP contribution in [0.2, 0.25) is 0 Å². The van der Waals surface area contributed by atoms with Gasteiger partial charge in [-0.2, -0.15) is 0 Å². The van der Waals surface area contributed by atoms with E-state index in [4.69, 9.17) is 9.84 Å². The first kappa shape index (κ1) is 12.1. The van der Waals surface area contributed by atoms with Gasteiger partial charge >= 0.3 is 5.54 Å². The Bertz CT molecular complexity index is 370. The van der Waals surface area contributed by atoms with Gasteiger partial charge < -0.3 is 20.1 Å². The third kappa shape index (κ3) is 1.65. The van der Waals surface area contributed by atoms with Crippen LogP contribution in [0.1, 0.15) is 0 Å². The molecule has 0 spiro atoms. The highest BCUT2D eigenvalue weighted by molar-refractivity contribution is 5.76. The van der Waals surface area contributed by atoms with E-state index >= 15 is 0 Å². The van der Waals surface area contributed by atoms with Crippen molar-refractivity contribution < 1.29 is 25.0 Å². The summed E-state index contributed by atoms with van der Waals surface area (Å²) in [5.41, 5.74) is -1.79. The number of rotatable bonds is 3. The van der Waals surface area contributed by atoms with Gasteiger partial charge in [-0.1, -0.05) is 0 Å². The molecule has 2 rings (SSSR count). The summed E-state index contributed by atoms with van der Waals surface area (Å²) < 4.78 is 5.15. The Labute approximate surface area is 96.0 Å². The number of hydrogen-bond acceptors (Lipinski definition) is 7. The van der Waals surface area contributed by atoms with Crippen LogP contribution in [0.5, 0.6) is 0 Å². The highest BCUT2D eigenvalue weighted by atomic mass is 16.6. The molecule has 0 aromatic carbocycles. The van der Waals surface area contributed by atoms with Crippen molar-refractivity contribution >= 4 is 6.21 Å². The molecule has 94 valence electrons. The van der Waals surface area contributed by atoms with Crippen LogP contribution in [0.25, 0.3) is 0 Å². The van der Waals surface area contributed by atoms with Crippen LogP contribution in [0.15, 0.2) is 17.3 Å². The molecule has 2 unspecified atom stereocenters. The zero-order chi connectivity index (χ0) is 12.6. The second kappa shape index (κ2) is 4.15. The molecule has 0 aliphatic carbocycles. The maximum atomic E-state index is 11.1. The molecule has 2 heterocycles. The molecule has 8 heteroatoms. The van der Waals surface area contributed by atoms with E-state index in [0.717, 1.165) is 6.21 Å². The van der Waals surface area contributed by atoms with Crippen molar-refractivity contribution in [2.24, 2.45) is 4.99 Å². The molecule has 0 radical (unpaired) electrons. The smallest absolute Gasteiger partial charge is 0.305 e. The van der Waals surface area contributed by atoms with E-state index in [1.165, 1.54) is 12.3 Å². The predicted octanol–water partition coefficient (Wildman–Crippen LogP) is -1.92. The van der Waals surface area contributed by atoms with Crippen LogP contribution in [0, 0.1) is 10.1 Å². The Morgan fingerprint density at radius 3 is 2.59 bits per heavy atom. The topological polar surface area (TPSA) is 125 Å². The molecule has 0 aromatic rings. The average Bonchev–Trinajstić information content (AvgIpc) is 2.87. The lowest BCUT2D eigenvalue weighted by atomic mass is 9.90. The second-order valence-electron chi connectivity index (χ2n) is 4.00. The molecule has 3 N–H and O–H groups in total. The van der Waals surface area contributed by atoms with E-state index in [-0.39, 0.29) is 0 Å². The van der Waals surface area contributed by atoms with Gasteiger partial charge in [0.05, 0.1) is 12.8 Å². The fraction of sp³-hybridized carbons (Fsp3) is 0.667. The molecule has 1 fully saturated rings. The number of nitrogens with zero attached hydrogens (tertiary/aromatic N) is 2. The largest absolute Gasteiger partial charge is 0.394 e. The van der Waals surface area contributed by atoms with Crippen LogP contribution in [-0.2, 0) is 4.74 Å². The molecule has 0 aromatic heterocycles.